The predicted molar refractivity (Wildman–Crippen MR) is 152 cm³/mol. The van der Waals surface area contributed by atoms with Crippen molar-refractivity contribution in [3.63, 3.8) is 0 Å². The van der Waals surface area contributed by atoms with Gasteiger partial charge in [-0.3, -0.25) is 0 Å². The van der Waals surface area contributed by atoms with Crippen LogP contribution < -0.4 is 0 Å². The highest BCUT2D eigenvalue weighted by molar-refractivity contribution is 5.67. The van der Waals surface area contributed by atoms with Gasteiger partial charge < -0.3 is 14.7 Å². The SMILES string of the molecule is CCCN(CCO)C(=O)O[C@H]1CC[C@@]2(C)C(=CCC3[C@@H]4CC[C@H]([C@H](C)CCCC(C)C)[C@@]4(C)CC[C@@H]32)C1. The van der Waals surface area contributed by atoms with Crippen LogP contribution in [0.3, 0.4) is 0 Å². The van der Waals surface area contributed by atoms with E-state index in [-0.39, 0.29) is 24.2 Å². The Morgan fingerprint density at radius 2 is 1.86 bits per heavy atom. The lowest BCUT2D eigenvalue weighted by Gasteiger charge is -2.58. The van der Waals surface area contributed by atoms with Crippen LogP contribution in [0.5, 0.6) is 0 Å². The van der Waals surface area contributed by atoms with E-state index in [0.29, 0.717) is 18.5 Å². The molecule has 212 valence electrons. The summed E-state index contributed by atoms with van der Waals surface area (Å²) in [6.07, 6.45) is 17.3. The molecule has 4 rings (SSSR count). The molecule has 0 saturated heterocycles. The highest BCUT2D eigenvalue weighted by atomic mass is 16.6. The number of nitrogens with zero attached hydrogens (tertiary/aromatic N) is 1. The van der Waals surface area contributed by atoms with E-state index in [2.05, 4.69) is 47.6 Å². The molecule has 0 aromatic rings. The van der Waals surface area contributed by atoms with E-state index in [0.717, 1.165) is 61.2 Å². The van der Waals surface area contributed by atoms with Crippen LogP contribution in [0.15, 0.2) is 11.6 Å². The maximum absolute atomic E-state index is 12.8. The molecule has 0 spiro atoms. The summed E-state index contributed by atoms with van der Waals surface area (Å²) >= 11 is 0. The second-order valence-corrected chi connectivity index (χ2v) is 14.2. The minimum atomic E-state index is -0.244. The van der Waals surface area contributed by atoms with Crippen molar-refractivity contribution in [2.45, 2.75) is 125 Å². The molecule has 0 bridgehead atoms. The molecule has 1 amide bonds. The van der Waals surface area contributed by atoms with E-state index < -0.39 is 0 Å². The van der Waals surface area contributed by atoms with Crippen LogP contribution in [0, 0.1) is 46.3 Å². The topological polar surface area (TPSA) is 49.8 Å². The van der Waals surface area contributed by atoms with E-state index in [1.807, 2.05) is 0 Å². The Labute approximate surface area is 228 Å². The first kappa shape index (κ1) is 29.0. The Morgan fingerprint density at radius 3 is 2.57 bits per heavy atom. The molecule has 37 heavy (non-hydrogen) atoms. The summed E-state index contributed by atoms with van der Waals surface area (Å²) in [5.74, 6) is 5.11. The summed E-state index contributed by atoms with van der Waals surface area (Å²) in [5, 5.41) is 9.35. The largest absolute Gasteiger partial charge is 0.446 e. The molecule has 1 N–H and O–H groups in total. The third-order valence-electron chi connectivity index (χ3n) is 11.6. The predicted octanol–water partition coefficient (Wildman–Crippen LogP) is 8.24. The van der Waals surface area contributed by atoms with Gasteiger partial charge >= 0.3 is 6.09 Å². The molecule has 0 aromatic heterocycles. The van der Waals surface area contributed by atoms with Crippen molar-refractivity contribution in [2.24, 2.45) is 46.3 Å². The molecule has 1 unspecified atom stereocenters. The molecule has 4 nitrogen and oxygen atoms in total. The summed E-state index contributed by atoms with van der Waals surface area (Å²) < 4.78 is 6.00. The minimum Gasteiger partial charge on any atom is -0.446 e. The van der Waals surface area contributed by atoms with Gasteiger partial charge in [-0.25, -0.2) is 4.79 Å². The Bertz CT molecular complexity index is 801. The fraction of sp³-hybridized carbons (Fsp3) is 0.909. The van der Waals surface area contributed by atoms with Crippen molar-refractivity contribution < 1.29 is 14.6 Å². The summed E-state index contributed by atoms with van der Waals surface area (Å²) in [7, 11) is 0. The van der Waals surface area contributed by atoms with Gasteiger partial charge in [0.05, 0.1) is 6.61 Å². The monoisotopic (exact) mass is 515 g/mol. The Hall–Kier alpha value is -1.03. The molecule has 4 aliphatic carbocycles. The third kappa shape index (κ3) is 5.80. The van der Waals surface area contributed by atoms with Crippen LogP contribution in [-0.4, -0.2) is 41.9 Å². The maximum Gasteiger partial charge on any atom is 0.410 e. The molecular weight excluding hydrogens is 458 g/mol. The zero-order valence-electron chi connectivity index (χ0n) is 24.9. The second kappa shape index (κ2) is 12.0. The molecule has 0 aromatic carbocycles. The highest BCUT2D eigenvalue weighted by Crippen LogP contribution is 2.67. The number of aliphatic hydroxyl groups is 1. The van der Waals surface area contributed by atoms with Crippen LogP contribution in [0.25, 0.3) is 0 Å². The van der Waals surface area contributed by atoms with Crippen molar-refractivity contribution in [1.82, 2.24) is 4.90 Å². The number of carbonyl (C=O) groups excluding carboxylic acids is 1. The molecular formula is C33H57NO3. The van der Waals surface area contributed by atoms with Gasteiger partial charge in [-0.15, -0.1) is 0 Å². The number of amides is 1. The lowest BCUT2D eigenvalue weighted by atomic mass is 9.47. The molecule has 8 atom stereocenters. The first-order chi connectivity index (χ1) is 17.6. The van der Waals surface area contributed by atoms with Crippen molar-refractivity contribution in [2.75, 3.05) is 19.7 Å². The van der Waals surface area contributed by atoms with E-state index in [1.165, 1.54) is 51.4 Å². The average molecular weight is 516 g/mol. The lowest BCUT2D eigenvalue weighted by Crippen LogP contribution is -2.51. The molecule has 0 aliphatic heterocycles. The van der Waals surface area contributed by atoms with Crippen molar-refractivity contribution in [3.05, 3.63) is 11.6 Å². The Morgan fingerprint density at radius 1 is 1.08 bits per heavy atom. The van der Waals surface area contributed by atoms with E-state index in [9.17, 15) is 9.90 Å². The number of aliphatic hydroxyl groups excluding tert-OH is 1. The number of rotatable bonds is 10. The number of hydrogen-bond donors (Lipinski definition) is 1. The zero-order chi connectivity index (χ0) is 26.8. The molecule has 4 aliphatic rings. The maximum atomic E-state index is 12.8. The van der Waals surface area contributed by atoms with Gasteiger partial charge in [0, 0.05) is 19.5 Å². The normalized spacial score (nSPS) is 37.8. The van der Waals surface area contributed by atoms with Gasteiger partial charge in [0.25, 0.3) is 0 Å². The van der Waals surface area contributed by atoms with E-state index >= 15 is 0 Å². The van der Waals surface area contributed by atoms with E-state index in [1.54, 1.807) is 10.5 Å². The first-order valence-electron chi connectivity index (χ1n) is 15.9. The number of fused-ring (bicyclic) bond motifs is 5. The van der Waals surface area contributed by atoms with Gasteiger partial charge in [0.2, 0.25) is 0 Å². The third-order valence-corrected chi connectivity index (χ3v) is 11.6. The fourth-order valence-electron chi connectivity index (χ4n) is 9.65. The number of ether oxygens (including phenoxy) is 1. The highest BCUT2D eigenvalue weighted by Gasteiger charge is 2.59. The standard InChI is InChI=1S/C33H57NO3/c1-7-19-34(20-21-35)31(36)37-26-15-17-32(5)25(22-26)11-12-27-29-14-13-28(24(4)10-8-9-23(2)3)33(29,6)18-16-30(27)32/h11,23-24,26-30,35H,7-10,12-22H2,1-6H3/t24-,26+,27?,28-,29+,30+,32+,33-/m1/s1. The van der Waals surface area contributed by atoms with Crippen LogP contribution in [0.1, 0.15) is 119 Å². The molecule has 3 fully saturated rings. The van der Waals surface area contributed by atoms with Crippen LogP contribution in [0.4, 0.5) is 4.79 Å². The zero-order valence-corrected chi connectivity index (χ0v) is 24.9. The molecule has 4 heteroatoms. The summed E-state index contributed by atoms with van der Waals surface area (Å²) in [5.41, 5.74) is 2.38. The summed E-state index contributed by atoms with van der Waals surface area (Å²) in [6.45, 7) is 15.6. The smallest absolute Gasteiger partial charge is 0.410 e. The summed E-state index contributed by atoms with van der Waals surface area (Å²) in [6, 6.07) is 0. The number of carbonyl (C=O) groups is 1. The fourth-order valence-corrected chi connectivity index (χ4v) is 9.65. The van der Waals surface area contributed by atoms with Gasteiger partial charge in [-0.2, -0.15) is 0 Å². The van der Waals surface area contributed by atoms with Crippen LogP contribution >= 0.6 is 0 Å². The molecule has 3 saturated carbocycles. The van der Waals surface area contributed by atoms with Gasteiger partial charge in [-0.05, 0) is 97.7 Å². The minimum absolute atomic E-state index is 0.0102. The van der Waals surface area contributed by atoms with Crippen LogP contribution in [0.2, 0.25) is 0 Å². The average Bonchev–Trinajstić information content (AvgIpc) is 3.21. The molecule has 0 radical (unpaired) electrons. The summed E-state index contributed by atoms with van der Waals surface area (Å²) in [4.78, 5) is 14.4. The quantitative estimate of drug-likeness (QED) is 0.298. The van der Waals surface area contributed by atoms with Crippen molar-refractivity contribution in [3.8, 4) is 0 Å². The van der Waals surface area contributed by atoms with E-state index in [4.69, 9.17) is 4.74 Å². The van der Waals surface area contributed by atoms with Crippen LogP contribution in [-0.2, 0) is 4.74 Å². The van der Waals surface area contributed by atoms with Crippen molar-refractivity contribution in [1.29, 1.82) is 0 Å². The van der Waals surface area contributed by atoms with Gasteiger partial charge in [0.15, 0.2) is 0 Å². The number of allylic oxidation sites excluding steroid dienone is 1. The van der Waals surface area contributed by atoms with Gasteiger partial charge in [0.1, 0.15) is 6.10 Å². The lowest BCUT2D eigenvalue weighted by molar-refractivity contribution is -0.0594. The Balaban J connectivity index is 1.41. The number of hydrogen-bond acceptors (Lipinski definition) is 3. The second-order valence-electron chi connectivity index (χ2n) is 14.2. The molecule has 0 heterocycles. The Kier molecular flexibility index (Phi) is 9.40. The first-order valence-corrected chi connectivity index (χ1v) is 15.9. The van der Waals surface area contributed by atoms with Gasteiger partial charge in [-0.1, -0.05) is 72.5 Å². The van der Waals surface area contributed by atoms with Crippen molar-refractivity contribution >= 4 is 6.09 Å².